The molecule has 2 aromatic carbocycles. The number of fused-ring (bicyclic) bond motifs is 1. The van der Waals surface area contributed by atoms with Crippen LogP contribution in [0, 0.1) is 29.4 Å². The molecule has 2 saturated carbocycles. The van der Waals surface area contributed by atoms with Gasteiger partial charge < -0.3 is 4.74 Å². The van der Waals surface area contributed by atoms with Crippen molar-refractivity contribution in [3.8, 4) is 16.9 Å². The zero-order chi connectivity index (χ0) is 22.2. The molecule has 0 aliphatic heterocycles. The van der Waals surface area contributed by atoms with Crippen LogP contribution in [0.25, 0.3) is 11.1 Å². The Morgan fingerprint density at radius 3 is 2.29 bits per heavy atom. The topological polar surface area (TPSA) is 9.23 Å². The van der Waals surface area contributed by atoms with E-state index in [9.17, 15) is 22.0 Å². The van der Waals surface area contributed by atoms with Crippen LogP contribution in [0.5, 0.6) is 5.75 Å². The summed E-state index contributed by atoms with van der Waals surface area (Å²) in [4.78, 5) is 0. The lowest BCUT2D eigenvalue weighted by Gasteiger charge is -2.42. The van der Waals surface area contributed by atoms with Crippen molar-refractivity contribution in [3.63, 3.8) is 0 Å². The third kappa shape index (κ3) is 5.04. The van der Waals surface area contributed by atoms with Gasteiger partial charge in [-0.25, -0.2) is 8.78 Å². The Morgan fingerprint density at radius 2 is 1.61 bits per heavy atom. The third-order valence-corrected chi connectivity index (χ3v) is 7.23. The lowest BCUT2D eigenvalue weighted by Crippen LogP contribution is -2.30. The lowest BCUT2D eigenvalue weighted by atomic mass is 9.63. The summed E-state index contributed by atoms with van der Waals surface area (Å²) in [6.07, 6.45) is 3.45. The molecular weight excluding hydrogens is 411 g/mol. The van der Waals surface area contributed by atoms with Crippen LogP contribution in [0.1, 0.15) is 63.4 Å². The van der Waals surface area contributed by atoms with E-state index in [4.69, 9.17) is 0 Å². The number of hydrogen-bond acceptors (Lipinski definition) is 1. The van der Waals surface area contributed by atoms with Crippen LogP contribution in [0.15, 0.2) is 36.4 Å². The molecule has 4 atom stereocenters. The summed E-state index contributed by atoms with van der Waals surface area (Å²) in [5, 5.41) is 0. The first-order valence-electron chi connectivity index (χ1n) is 11.1. The molecule has 1 nitrogen and oxygen atoms in total. The van der Waals surface area contributed by atoms with E-state index in [2.05, 4.69) is 11.7 Å². The summed E-state index contributed by atoms with van der Waals surface area (Å²) in [7, 11) is 0. The van der Waals surface area contributed by atoms with Crippen LogP contribution in [-0.4, -0.2) is 6.36 Å². The van der Waals surface area contributed by atoms with Gasteiger partial charge >= 0.3 is 6.36 Å². The monoisotopic (exact) mass is 438 g/mol. The SMILES string of the molecule is CCC1CCC2CC(c3ccc(-c4ccc(OC(F)(F)F)c(F)c4)c(F)c3)CCC2C1. The van der Waals surface area contributed by atoms with Crippen molar-refractivity contribution in [2.75, 3.05) is 0 Å². The summed E-state index contributed by atoms with van der Waals surface area (Å²) in [5.41, 5.74) is 1.30. The smallest absolute Gasteiger partial charge is 0.403 e. The van der Waals surface area contributed by atoms with Crippen molar-refractivity contribution in [2.45, 2.75) is 64.1 Å². The van der Waals surface area contributed by atoms with Gasteiger partial charge in [-0.15, -0.1) is 13.2 Å². The quantitative estimate of drug-likeness (QED) is 0.437. The maximum Gasteiger partial charge on any atom is 0.573 e. The van der Waals surface area contributed by atoms with Crippen LogP contribution in [0.3, 0.4) is 0 Å². The van der Waals surface area contributed by atoms with Gasteiger partial charge in [0.25, 0.3) is 0 Å². The molecular formula is C25H27F5O. The van der Waals surface area contributed by atoms with Crippen molar-refractivity contribution in [3.05, 3.63) is 53.6 Å². The van der Waals surface area contributed by atoms with E-state index < -0.39 is 23.7 Å². The summed E-state index contributed by atoms with van der Waals surface area (Å²) in [6.45, 7) is 2.27. The molecule has 31 heavy (non-hydrogen) atoms. The Hall–Kier alpha value is -2.11. The third-order valence-electron chi connectivity index (χ3n) is 7.23. The lowest BCUT2D eigenvalue weighted by molar-refractivity contribution is -0.275. The molecule has 4 unspecified atom stereocenters. The standard InChI is InChI=1S/C25H27F5O/c1-2-15-3-4-17-12-18(6-5-16(17)11-15)19-7-9-21(22(26)13-19)20-8-10-24(23(27)14-20)31-25(28,29)30/h7-10,13-18H,2-6,11-12H2,1H3. The van der Waals surface area contributed by atoms with Gasteiger partial charge in [0.2, 0.25) is 0 Å². The fraction of sp³-hybridized carbons (Fsp3) is 0.520. The average molecular weight is 438 g/mol. The first-order valence-corrected chi connectivity index (χ1v) is 11.1. The molecule has 0 bridgehead atoms. The molecule has 0 saturated heterocycles. The second-order valence-corrected chi connectivity index (χ2v) is 9.05. The van der Waals surface area contributed by atoms with Crippen LogP contribution >= 0.6 is 0 Å². The molecule has 0 radical (unpaired) electrons. The van der Waals surface area contributed by atoms with Crippen LogP contribution in [0.2, 0.25) is 0 Å². The summed E-state index contributed by atoms with van der Waals surface area (Å²) in [6, 6.07) is 7.97. The Kier molecular flexibility index (Phi) is 6.27. The number of rotatable bonds is 4. The zero-order valence-electron chi connectivity index (χ0n) is 17.5. The number of halogens is 5. The van der Waals surface area contributed by atoms with E-state index in [0.717, 1.165) is 42.4 Å². The minimum Gasteiger partial charge on any atom is -0.403 e. The molecule has 0 heterocycles. The van der Waals surface area contributed by atoms with Gasteiger partial charge in [-0.1, -0.05) is 38.0 Å². The maximum absolute atomic E-state index is 14.9. The fourth-order valence-corrected chi connectivity index (χ4v) is 5.56. The van der Waals surface area contributed by atoms with Crippen molar-refractivity contribution >= 4 is 0 Å². The van der Waals surface area contributed by atoms with E-state index in [1.165, 1.54) is 44.2 Å². The first kappa shape index (κ1) is 22.1. The number of benzene rings is 2. The molecule has 4 rings (SSSR count). The van der Waals surface area contributed by atoms with Crippen LogP contribution in [-0.2, 0) is 0 Å². The molecule has 2 aromatic rings. The Balaban J connectivity index is 1.48. The van der Waals surface area contributed by atoms with Crippen LogP contribution in [0.4, 0.5) is 22.0 Å². The summed E-state index contributed by atoms with van der Waals surface area (Å²) < 4.78 is 69.5. The second-order valence-electron chi connectivity index (χ2n) is 9.05. The van der Waals surface area contributed by atoms with Crippen molar-refractivity contribution in [1.29, 1.82) is 0 Å². The number of alkyl halides is 3. The Morgan fingerprint density at radius 1 is 0.871 bits per heavy atom. The van der Waals surface area contributed by atoms with E-state index in [1.54, 1.807) is 6.07 Å². The zero-order valence-corrected chi connectivity index (χ0v) is 17.5. The van der Waals surface area contributed by atoms with Gasteiger partial charge in [0.05, 0.1) is 0 Å². The Labute approximate surface area is 179 Å². The van der Waals surface area contributed by atoms with E-state index in [1.807, 2.05) is 6.07 Å². The van der Waals surface area contributed by atoms with E-state index >= 15 is 0 Å². The molecule has 0 N–H and O–H groups in total. The highest BCUT2D eigenvalue weighted by molar-refractivity contribution is 5.65. The molecule has 2 aliphatic carbocycles. The fourth-order valence-electron chi connectivity index (χ4n) is 5.56. The van der Waals surface area contributed by atoms with Crippen molar-refractivity contribution in [2.24, 2.45) is 17.8 Å². The molecule has 0 aromatic heterocycles. The van der Waals surface area contributed by atoms with Gasteiger partial charge in [0.1, 0.15) is 5.82 Å². The molecule has 0 amide bonds. The molecule has 2 fully saturated rings. The average Bonchev–Trinajstić information content (AvgIpc) is 2.73. The van der Waals surface area contributed by atoms with Gasteiger partial charge in [-0.2, -0.15) is 0 Å². The molecule has 168 valence electrons. The predicted molar refractivity (Wildman–Crippen MR) is 110 cm³/mol. The highest BCUT2D eigenvalue weighted by Crippen LogP contribution is 2.48. The molecule has 6 heteroatoms. The van der Waals surface area contributed by atoms with Gasteiger partial charge in [0.15, 0.2) is 11.6 Å². The number of hydrogen-bond donors (Lipinski definition) is 0. The van der Waals surface area contributed by atoms with Gasteiger partial charge in [-0.3, -0.25) is 0 Å². The summed E-state index contributed by atoms with van der Waals surface area (Å²) in [5.74, 6) is 0.0736. The van der Waals surface area contributed by atoms with Gasteiger partial charge in [-0.05, 0) is 85.1 Å². The Bertz CT molecular complexity index is 923. The van der Waals surface area contributed by atoms with E-state index in [0.29, 0.717) is 11.8 Å². The minimum absolute atomic E-state index is 0.165. The summed E-state index contributed by atoms with van der Waals surface area (Å²) >= 11 is 0. The first-order chi connectivity index (χ1) is 14.7. The van der Waals surface area contributed by atoms with Crippen LogP contribution < -0.4 is 4.74 Å². The number of ether oxygens (including phenoxy) is 1. The van der Waals surface area contributed by atoms with Crippen molar-refractivity contribution < 1.29 is 26.7 Å². The van der Waals surface area contributed by atoms with Gasteiger partial charge in [0, 0.05) is 5.56 Å². The molecule has 0 spiro atoms. The minimum atomic E-state index is -4.98. The highest BCUT2D eigenvalue weighted by atomic mass is 19.4. The predicted octanol–water partition coefficient (Wildman–Crippen LogP) is 8.24. The normalized spacial score (nSPS) is 26.4. The molecule has 2 aliphatic rings. The van der Waals surface area contributed by atoms with Crippen molar-refractivity contribution in [1.82, 2.24) is 0 Å². The highest BCUT2D eigenvalue weighted by Gasteiger charge is 2.36. The largest absolute Gasteiger partial charge is 0.573 e. The maximum atomic E-state index is 14.9. The second kappa shape index (κ2) is 8.79. The van der Waals surface area contributed by atoms with E-state index in [-0.39, 0.29) is 11.1 Å².